The maximum absolute atomic E-state index is 7.21. The summed E-state index contributed by atoms with van der Waals surface area (Å²) < 4.78 is 32.6. The van der Waals surface area contributed by atoms with E-state index in [4.69, 9.17) is 48.9 Å². The normalized spacial score (nSPS) is 13.1. The number of rotatable bonds is 16. The van der Waals surface area contributed by atoms with Crippen LogP contribution in [0.5, 0.6) is 23.0 Å². The molecule has 0 saturated carbocycles. The fraction of sp³-hybridized carbons (Fsp3) is 0.467. The van der Waals surface area contributed by atoms with E-state index < -0.39 is 0 Å². The zero-order valence-corrected chi connectivity index (χ0v) is 45.1. The monoisotopic (exact) mass is 969 g/mol. The van der Waals surface area contributed by atoms with Gasteiger partial charge in [0.2, 0.25) is 0 Å². The van der Waals surface area contributed by atoms with Gasteiger partial charge < -0.3 is 18.9 Å². The smallest absolute Gasteiger partial charge is 0.168 e. The highest BCUT2D eigenvalue weighted by Gasteiger charge is 2.34. The molecule has 376 valence electrons. The largest absolute Gasteiger partial charge is 0.489 e. The van der Waals surface area contributed by atoms with Gasteiger partial charge in [-0.15, -0.1) is 0 Å². The van der Waals surface area contributed by atoms with Crippen LogP contribution < -0.4 is 18.9 Å². The second-order valence-corrected chi connectivity index (χ2v) is 22.9. The van der Waals surface area contributed by atoms with E-state index in [-0.39, 0.29) is 71.8 Å². The van der Waals surface area contributed by atoms with Crippen LogP contribution >= 0.6 is 0 Å². The van der Waals surface area contributed by atoms with Gasteiger partial charge in [-0.3, -0.25) is 0 Å². The van der Waals surface area contributed by atoms with Crippen LogP contribution in [-0.4, -0.2) is 63.4 Å². The summed E-state index contributed by atoms with van der Waals surface area (Å²) in [5, 5.41) is 3.21. The topological polar surface area (TPSA) is 123 Å². The molecule has 72 heavy (non-hydrogen) atoms. The molecule has 4 bridgehead atoms. The predicted molar refractivity (Wildman–Crippen MR) is 290 cm³/mol. The van der Waals surface area contributed by atoms with Crippen molar-refractivity contribution < 1.29 is 18.9 Å². The fourth-order valence-electron chi connectivity index (χ4n) is 11.5. The minimum absolute atomic E-state index is 0.0538. The van der Waals surface area contributed by atoms with E-state index in [0.717, 1.165) is 43.8 Å². The van der Waals surface area contributed by atoms with E-state index in [1.807, 2.05) is 36.4 Å². The summed E-state index contributed by atoms with van der Waals surface area (Å²) in [5.41, 5.74) is 5.56. The standard InChI is InChI=1S/C60H72N8O4/c1-29(2)49(30(3)4)69-41-25-17-21-37-45(41)55-61-53(37)63-59-48-40(24-20-28-44(48)72-52(35(13)14)36(15)16)58-66-56-46-38(22-18-26-42(46)70-50(31(5)6)32(7)8)54(62-56)64-60-47-39(57(65-55)67(60)68(58)59)23-19-27-43(47)71-51(33(9)10)34(11)12/h17-36,49-52H,1-16H3. The van der Waals surface area contributed by atoms with Crippen molar-refractivity contribution in [2.75, 3.05) is 0 Å². The fourth-order valence-corrected chi connectivity index (χ4v) is 11.5. The molecule has 12 heteroatoms. The number of hydrogen-bond donors (Lipinski definition) is 0. The number of fused-ring (bicyclic) bond motifs is 16. The third-order valence-corrected chi connectivity index (χ3v) is 14.5. The van der Waals surface area contributed by atoms with Crippen LogP contribution in [0.1, 0.15) is 111 Å². The van der Waals surface area contributed by atoms with Gasteiger partial charge in [0.25, 0.3) is 0 Å². The summed E-state index contributed by atoms with van der Waals surface area (Å²) in [6.07, 6.45) is -0.305. The molecule has 4 aromatic carbocycles. The minimum atomic E-state index is -0.0986. The van der Waals surface area contributed by atoms with Crippen molar-refractivity contribution in [1.82, 2.24) is 38.9 Å². The summed E-state index contributed by atoms with van der Waals surface area (Å²) in [5.74, 6) is 6.77. The zero-order valence-electron chi connectivity index (χ0n) is 45.1. The number of aromatic nitrogens is 8. The van der Waals surface area contributed by atoms with Crippen molar-refractivity contribution in [3.63, 3.8) is 0 Å². The quantitative estimate of drug-likeness (QED) is 0.0924. The van der Waals surface area contributed by atoms with Crippen LogP contribution in [-0.2, 0) is 0 Å². The Morgan fingerprint density at radius 3 is 0.903 bits per heavy atom. The van der Waals surface area contributed by atoms with Crippen LogP contribution in [0, 0.1) is 47.3 Å². The molecule has 8 aromatic rings. The molecule has 0 atom stereocenters. The highest BCUT2D eigenvalue weighted by atomic mass is 16.5. The lowest BCUT2D eigenvalue weighted by atomic mass is 9.96. The molecule has 0 fully saturated rings. The molecule has 10 rings (SSSR count). The summed E-state index contributed by atoms with van der Waals surface area (Å²) >= 11 is 0. The summed E-state index contributed by atoms with van der Waals surface area (Å²) in [4.78, 5) is 33.5. The van der Waals surface area contributed by atoms with E-state index in [9.17, 15) is 0 Å². The Bertz CT molecular complexity index is 3200. The third kappa shape index (κ3) is 8.22. The molecule has 0 amide bonds. The Hall–Kier alpha value is -6.56. The zero-order chi connectivity index (χ0) is 51.2. The van der Waals surface area contributed by atoms with Crippen molar-refractivity contribution in [2.45, 2.75) is 135 Å². The first kappa shape index (κ1) is 49.0. The maximum Gasteiger partial charge on any atom is 0.168 e. The molecule has 6 heterocycles. The van der Waals surface area contributed by atoms with Crippen molar-refractivity contribution in [3.05, 3.63) is 72.8 Å². The summed E-state index contributed by atoms with van der Waals surface area (Å²) in [6, 6.07) is 24.7. The van der Waals surface area contributed by atoms with Gasteiger partial charge in [-0.25, -0.2) is 38.9 Å². The third-order valence-electron chi connectivity index (χ3n) is 14.5. The van der Waals surface area contributed by atoms with Crippen molar-refractivity contribution in [1.29, 1.82) is 0 Å². The lowest BCUT2D eigenvalue weighted by Gasteiger charge is -2.27. The Kier molecular flexibility index (Phi) is 12.8. The Labute approximate surface area is 424 Å². The van der Waals surface area contributed by atoms with Crippen molar-refractivity contribution in [3.8, 4) is 68.5 Å². The first-order valence-corrected chi connectivity index (χ1v) is 26.4. The van der Waals surface area contributed by atoms with E-state index in [1.54, 1.807) is 0 Å². The molecule has 0 radical (unpaired) electrons. The molecule has 0 saturated heterocycles. The first-order chi connectivity index (χ1) is 34.3. The minimum Gasteiger partial charge on any atom is -0.489 e. The van der Waals surface area contributed by atoms with Crippen LogP contribution in [0.2, 0.25) is 0 Å². The van der Waals surface area contributed by atoms with Gasteiger partial charge in [0, 0.05) is 21.9 Å². The Morgan fingerprint density at radius 1 is 0.306 bits per heavy atom. The molecular formula is C60H72N8O4. The second kappa shape index (κ2) is 18.8. The number of nitrogens with zero attached hydrogens (tertiary/aromatic N) is 8. The van der Waals surface area contributed by atoms with E-state index in [0.29, 0.717) is 68.9 Å². The highest BCUT2D eigenvalue weighted by Crippen LogP contribution is 2.47. The van der Waals surface area contributed by atoms with Crippen LogP contribution in [0.3, 0.4) is 0 Å². The number of hydrogen-bond acceptors (Lipinski definition) is 10. The second-order valence-electron chi connectivity index (χ2n) is 22.9. The van der Waals surface area contributed by atoms with E-state index in [2.05, 4.69) is 156 Å². The average molecular weight is 969 g/mol. The van der Waals surface area contributed by atoms with Crippen LogP contribution in [0.25, 0.3) is 89.7 Å². The predicted octanol–water partition coefficient (Wildman–Crippen LogP) is 14.7. The Balaban J connectivity index is 1.44. The van der Waals surface area contributed by atoms with Gasteiger partial charge in [-0.05, 0) is 71.6 Å². The molecule has 12 nitrogen and oxygen atoms in total. The van der Waals surface area contributed by atoms with Crippen molar-refractivity contribution >= 4 is 44.1 Å². The molecular weight excluding hydrogens is 897 g/mol. The van der Waals surface area contributed by atoms with Crippen LogP contribution in [0.4, 0.5) is 0 Å². The molecule has 0 aliphatic carbocycles. The van der Waals surface area contributed by atoms with E-state index >= 15 is 0 Å². The van der Waals surface area contributed by atoms with Gasteiger partial charge in [0.1, 0.15) is 47.4 Å². The number of benzene rings is 4. The van der Waals surface area contributed by atoms with Gasteiger partial charge in [0.05, 0.1) is 21.9 Å². The Morgan fingerprint density at radius 2 is 0.583 bits per heavy atom. The average Bonchev–Trinajstić information content (AvgIpc) is 4.05. The van der Waals surface area contributed by atoms with Gasteiger partial charge in [-0.2, -0.15) is 0 Å². The SMILES string of the molecule is CC(C)C(Oc1cccc2c1-c1nc-2nc2c3c(OC(C(C)C)C(C)C)cccc3c3nc4nc(nc5c6c(OC(C(C)C)C(C)C)cccc6c(n1)n5n32)-c1cccc(OC(C(C)C)C(C)C)c1-4)C(C)C. The molecule has 4 aromatic heterocycles. The summed E-state index contributed by atoms with van der Waals surface area (Å²) in [6.45, 7) is 35.3. The number of ether oxygens (including phenoxy) is 4. The van der Waals surface area contributed by atoms with Gasteiger partial charge in [0.15, 0.2) is 45.9 Å². The van der Waals surface area contributed by atoms with E-state index in [1.165, 1.54) is 0 Å². The first-order valence-electron chi connectivity index (χ1n) is 26.4. The van der Waals surface area contributed by atoms with Crippen LogP contribution in [0.15, 0.2) is 72.8 Å². The lowest BCUT2D eigenvalue weighted by Crippen LogP contribution is -2.29. The lowest BCUT2D eigenvalue weighted by molar-refractivity contribution is 0.106. The van der Waals surface area contributed by atoms with Gasteiger partial charge in [-0.1, -0.05) is 159 Å². The maximum atomic E-state index is 7.21. The molecule has 0 unspecified atom stereocenters. The molecule has 2 aliphatic heterocycles. The summed E-state index contributed by atoms with van der Waals surface area (Å²) in [7, 11) is 0. The van der Waals surface area contributed by atoms with Crippen molar-refractivity contribution in [2.24, 2.45) is 47.3 Å². The molecule has 0 spiro atoms. The van der Waals surface area contributed by atoms with Gasteiger partial charge >= 0.3 is 0 Å². The highest BCUT2D eigenvalue weighted by molar-refractivity contribution is 6.12. The molecule has 0 N–H and O–H groups in total. The molecule has 2 aliphatic rings.